The minimum Gasteiger partial charge on any atom is -0.374 e. The van der Waals surface area contributed by atoms with Gasteiger partial charge in [0.25, 0.3) is 0 Å². The van der Waals surface area contributed by atoms with E-state index in [1.807, 2.05) is 6.92 Å². The fourth-order valence-electron chi connectivity index (χ4n) is 1.51. The number of rotatable bonds is 4. The Kier molecular flexibility index (Phi) is 4.61. The number of hydrogen-bond acceptors (Lipinski definition) is 2. The van der Waals surface area contributed by atoms with Crippen molar-refractivity contribution in [3.8, 4) is 0 Å². The van der Waals surface area contributed by atoms with Gasteiger partial charge in [0, 0.05) is 29.8 Å². The highest BCUT2D eigenvalue weighted by molar-refractivity contribution is 9.10. The first kappa shape index (κ1) is 12.5. The van der Waals surface area contributed by atoms with Gasteiger partial charge in [0.05, 0.1) is 0 Å². The molecule has 0 radical (unpaired) electrons. The monoisotopic (exact) mass is 270 g/mol. The standard InChI is InChI=1S/C12H19BrN2/c1-9-4-5-11(13)8-12(9)15(3)7-6-10(2)14/h4-5,8,10H,6-7,14H2,1-3H3. The number of nitrogens with zero attached hydrogens (tertiary/aromatic N) is 1. The largest absolute Gasteiger partial charge is 0.374 e. The van der Waals surface area contributed by atoms with Gasteiger partial charge in [-0.3, -0.25) is 0 Å². The molecule has 15 heavy (non-hydrogen) atoms. The van der Waals surface area contributed by atoms with Crippen molar-refractivity contribution >= 4 is 21.6 Å². The molecule has 2 nitrogen and oxygen atoms in total. The van der Waals surface area contributed by atoms with Gasteiger partial charge in [-0.25, -0.2) is 0 Å². The van der Waals surface area contributed by atoms with E-state index in [4.69, 9.17) is 5.73 Å². The van der Waals surface area contributed by atoms with Gasteiger partial charge in [0.2, 0.25) is 0 Å². The number of anilines is 1. The second kappa shape index (κ2) is 5.52. The van der Waals surface area contributed by atoms with E-state index < -0.39 is 0 Å². The van der Waals surface area contributed by atoms with Gasteiger partial charge < -0.3 is 10.6 Å². The molecule has 0 amide bonds. The van der Waals surface area contributed by atoms with Crippen LogP contribution >= 0.6 is 15.9 Å². The number of benzene rings is 1. The molecule has 1 atom stereocenters. The average molecular weight is 271 g/mol. The second-order valence-corrected chi connectivity index (χ2v) is 5.03. The van der Waals surface area contributed by atoms with E-state index in [0.717, 1.165) is 17.4 Å². The molecule has 84 valence electrons. The summed E-state index contributed by atoms with van der Waals surface area (Å²) in [6.07, 6.45) is 1.02. The van der Waals surface area contributed by atoms with Crippen molar-refractivity contribution < 1.29 is 0 Å². The van der Waals surface area contributed by atoms with Gasteiger partial charge >= 0.3 is 0 Å². The average Bonchev–Trinajstić information content (AvgIpc) is 2.18. The van der Waals surface area contributed by atoms with Crippen molar-refractivity contribution in [2.75, 3.05) is 18.5 Å². The summed E-state index contributed by atoms with van der Waals surface area (Å²) in [7, 11) is 2.11. The van der Waals surface area contributed by atoms with Crippen LogP contribution in [0.4, 0.5) is 5.69 Å². The van der Waals surface area contributed by atoms with E-state index in [2.05, 4.69) is 53.0 Å². The first-order valence-electron chi connectivity index (χ1n) is 5.23. The van der Waals surface area contributed by atoms with Crippen LogP contribution in [0.3, 0.4) is 0 Å². The summed E-state index contributed by atoms with van der Waals surface area (Å²) < 4.78 is 1.12. The summed E-state index contributed by atoms with van der Waals surface area (Å²) in [5, 5.41) is 0. The number of nitrogens with two attached hydrogens (primary N) is 1. The Morgan fingerprint density at radius 2 is 2.13 bits per heavy atom. The van der Waals surface area contributed by atoms with E-state index in [1.54, 1.807) is 0 Å². The van der Waals surface area contributed by atoms with Crippen molar-refractivity contribution in [3.63, 3.8) is 0 Å². The van der Waals surface area contributed by atoms with Crippen LogP contribution in [0.5, 0.6) is 0 Å². The maximum absolute atomic E-state index is 5.75. The first-order valence-corrected chi connectivity index (χ1v) is 6.03. The Bertz CT molecular complexity index is 323. The first-order chi connectivity index (χ1) is 7.00. The molecular weight excluding hydrogens is 252 g/mol. The van der Waals surface area contributed by atoms with Crippen LogP contribution < -0.4 is 10.6 Å². The molecule has 3 heteroatoms. The highest BCUT2D eigenvalue weighted by Gasteiger charge is 2.05. The predicted octanol–water partition coefficient (Wildman–Crippen LogP) is 2.93. The van der Waals surface area contributed by atoms with Crippen molar-refractivity contribution in [3.05, 3.63) is 28.2 Å². The molecule has 1 aromatic carbocycles. The smallest absolute Gasteiger partial charge is 0.0404 e. The summed E-state index contributed by atoms with van der Waals surface area (Å²) in [5.41, 5.74) is 8.32. The Morgan fingerprint density at radius 3 is 2.73 bits per heavy atom. The zero-order chi connectivity index (χ0) is 11.4. The van der Waals surface area contributed by atoms with Gasteiger partial charge in [0.15, 0.2) is 0 Å². The maximum atomic E-state index is 5.75. The molecule has 0 saturated carbocycles. The molecule has 0 aromatic heterocycles. The van der Waals surface area contributed by atoms with E-state index in [9.17, 15) is 0 Å². The molecule has 0 spiro atoms. The van der Waals surface area contributed by atoms with Crippen LogP contribution in [0.25, 0.3) is 0 Å². The highest BCUT2D eigenvalue weighted by Crippen LogP contribution is 2.23. The number of hydrogen-bond donors (Lipinski definition) is 1. The molecule has 0 aliphatic rings. The second-order valence-electron chi connectivity index (χ2n) is 4.12. The molecule has 1 aromatic rings. The molecule has 1 rings (SSSR count). The minimum atomic E-state index is 0.264. The SMILES string of the molecule is Cc1ccc(Br)cc1N(C)CCC(C)N. The summed E-state index contributed by atoms with van der Waals surface area (Å²) in [6, 6.07) is 6.61. The Balaban J connectivity index is 2.72. The van der Waals surface area contributed by atoms with E-state index in [0.29, 0.717) is 0 Å². The number of halogens is 1. The maximum Gasteiger partial charge on any atom is 0.0404 e. The van der Waals surface area contributed by atoms with Crippen LogP contribution in [0.2, 0.25) is 0 Å². The van der Waals surface area contributed by atoms with Crippen molar-refractivity contribution in [2.45, 2.75) is 26.3 Å². The molecule has 0 aliphatic heterocycles. The molecule has 0 saturated heterocycles. The Hall–Kier alpha value is -0.540. The third-order valence-electron chi connectivity index (χ3n) is 2.50. The molecule has 0 aliphatic carbocycles. The van der Waals surface area contributed by atoms with Crippen molar-refractivity contribution in [1.29, 1.82) is 0 Å². The normalized spacial score (nSPS) is 12.6. The number of aryl methyl sites for hydroxylation is 1. The molecule has 0 fully saturated rings. The van der Waals surface area contributed by atoms with Crippen LogP contribution in [-0.2, 0) is 0 Å². The van der Waals surface area contributed by atoms with Crippen LogP contribution in [0, 0.1) is 6.92 Å². The minimum absolute atomic E-state index is 0.264. The molecule has 0 bridgehead atoms. The van der Waals surface area contributed by atoms with Crippen LogP contribution in [0.1, 0.15) is 18.9 Å². The molecule has 1 unspecified atom stereocenters. The van der Waals surface area contributed by atoms with Gasteiger partial charge in [-0.1, -0.05) is 22.0 Å². The van der Waals surface area contributed by atoms with Crippen LogP contribution in [0.15, 0.2) is 22.7 Å². The quantitative estimate of drug-likeness (QED) is 0.912. The van der Waals surface area contributed by atoms with Gasteiger partial charge in [-0.05, 0) is 38.0 Å². The Morgan fingerprint density at radius 1 is 1.47 bits per heavy atom. The third kappa shape index (κ3) is 3.84. The third-order valence-corrected chi connectivity index (χ3v) is 3.00. The van der Waals surface area contributed by atoms with E-state index >= 15 is 0 Å². The summed E-state index contributed by atoms with van der Waals surface area (Å²) in [5.74, 6) is 0. The molecule has 2 N–H and O–H groups in total. The fraction of sp³-hybridized carbons (Fsp3) is 0.500. The topological polar surface area (TPSA) is 29.3 Å². The summed E-state index contributed by atoms with van der Waals surface area (Å²) in [4.78, 5) is 2.25. The lowest BCUT2D eigenvalue weighted by Gasteiger charge is -2.22. The lowest BCUT2D eigenvalue weighted by molar-refractivity contribution is 0.658. The van der Waals surface area contributed by atoms with E-state index in [1.165, 1.54) is 11.3 Å². The zero-order valence-electron chi connectivity index (χ0n) is 9.63. The van der Waals surface area contributed by atoms with E-state index in [-0.39, 0.29) is 6.04 Å². The summed E-state index contributed by atoms with van der Waals surface area (Å²) >= 11 is 3.49. The highest BCUT2D eigenvalue weighted by atomic mass is 79.9. The lowest BCUT2D eigenvalue weighted by Crippen LogP contribution is -2.26. The molecule has 0 heterocycles. The zero-order valence-corrected chi connectivity index (χ0v) is 11.2. The van der Waals surface area contributed by atoms with Crippen molar-refractivity contribution in [1.82, 2.24) is 0 Å². The van der Waals surface area contributed by atoms with Gasteiger partial charge in [-0.2, -0.15) is 0 Å². The molecular formula is C12H19BrN2. The van der Waals surface area contributed by atoms with Gasteiger partial charge in [-0.15, -0.1) is 0 Å². The van der Waals surface area contributed by atoms with Crippen molar-refractivity contribution in [2.24, 2.45) is 5.73 Å². The van der Waals surface area contributed by atoms with Gasteiger partial charge in [0.1, 0.15) is 0 Å². The fourth-order valence-corrected chi connectivity index (χ4v) is 1.86. The van der Waals surface area contributed by atoms with Crippen LogP contribution in [-0.4, -0.2) is 19.6 Å². The summed E-state index contributed by atoms with van der Waals surface area (Å²) in [6.45, 7) is 5.17. The Labute approximate surface area is 101 Å². The lowest BCUT2D eigenvalue weighted by atomic mass is 10.1. The predicted molar refractivity (Wildman–Crippen MR) is 70.4 cm³/mol.